The van der Waals surface area contributed by atoms with Gasteiger partial charge in [-0.15, -0.1) is 0 Å². The molecule has 1 atom stereocenters. The molecule has 1 aromatic rings. The van der Waals surface area contributed by atoms with E-state index in [1.54, 1.807) is 12.4 Å². The highest BCUT2D eigenvalue weighted by atomic mass is 16.5. The fourth-order valence-electron chi connectivity index (χ4n) is 3.66. The van der Waals surface area contributed by atoms with Crippen LogP contribution in [0.5, 0.6) is 0 Å². The number of hydrogen-bond acceptors (Lipinski definition) is 4. The number of carbonyl (C=O) groups is 2. The maximum atomic E-state index is 12.9. The molecule has 0 N–H and O–H groups in total. The van der Waals surface area contributed by atoms with Crippen LogP contribution < -0.4 is 0 Å². The first kappa shape index (κ1) is 18.8. The molecule has 3 heterocycles. The topological polar surface area (TPSA) is 62.7 Å². The molecule has 142 valence electrons. The molecule has 2 aliphatic rings. The average molecular weight is 359 g/mol. The van der Waals surface area contributed by atoms with E-state index in [1.165, 1.54) is 0 Å². The Morgan fingerprint density at radius 2 is 2.08 bits per heavy atom. The molecule has 0 saturated carbocycles. The molecular formula is C20H29N3O3. The van der Waals surface area contributed by atoms with Crippen molar-refractivity contribution in [1.82, 2.24) is 14.8 Å². The lowest BCUT2D eigenvalue weighted by atomic mass is 10.2. The lowest BCUT2D eigenvalue weighted by Crippen LogP contribution is -2.40. The summed E-state index contributed by atoms with van der Waals surface area (Å²) in [5, 5.41) is 0. The van der Waals surface area contributed by atoms with Gasteiger partial charge in [-0.2, -0.15) is 0 Å². The maximum absolute atomic E-state index is 12.9. The van der Waals surface area contributed by atoms with Crippen LogP contribution >= 0.6 is 0 Å². The Labute approximate surface area is 155 Å². The number of nitrogens with zero attached hydrogens (tertiary/aromatic N) is 3. The summed E-state index contributed by atoms with van der Waals surface area (Å²) in [4.78, 5) is 32.8. The summed E-state index contributed by atoms with van der Waals surface area (Å²) in [6.45, 7) is 3.27. The van der Waals surface area contributed by atoms with E-state index in [1.807, 2.05) is 21.9 Å². The molecule has 26 heavy (non-hydrogen) atoms. The Kier molecular flexibility index (Phi) is 7.00. The second-order valence-corrected chi connectivity index (χ2v) is 7.21. The van der Waals surface area contributed by atoms with Gasteiger partial charge in [-0.25, -0.2) is 0 Å². The molecule has 6 nitrogen and oxygen atoms in total. The molecule has 0 bridgehead atoms. The van der Waals surface area contributed by atoms with Crippen molar-refractivity contribution in [2.45, 2.75) is 57.6 Å². The number of aromatic nitrogens is 1. The number of carbonyl (C=O) groups excluding carboxylic acids is 2. The van der Waals surface area contributed by atoms with E-state index in [9.17, 15) is 9.59 Å². The molecule has 0 spiro atoms. The third kappa shape index (κ3) is 5.53. The molecule has 0 radical (unpaired) electrons. The lowest BCUT2D eigenvalue weighted by Gasteiger charge is -2.27. The minimum absolute atomic E-state index is 0.0920. The molecule has 3 rings (SSSR count). The van der Waals surface area contributed by atoms with Gasteiger partial charge in [-0.3, -0.25) is 14.6 Å². The second-order valence-electron chi connectivity index (χ2n) is 7.21. The lowest BCUT2D eigenvalue weighted by molar-refractivity contribution is -0.135. The highest BCUT2D eigenvalue weighted by Crippen LogP contribution is 2.17. The molecule has 0 aliphatic carbocycles. The van der Waals surface area contributed by atoms with E-state index in [0.29, 0.717) is 32.5 Å². The van der Waals surface area contributed by atoms with Crippen LogP contribution in [0.2, 0.25) is 0 Å². The largest absolute Gasteiger partial charge is 0.376 e. The molecular weight excluding hydrogens is 330 g/mol. The first-order valence-corrected chi connectivity index (χ1v) is 9.78. The van der Waals surface area contributed by atoms with E-state index in [-0.39, 0.29) is 17.9 Å². The van der Waals surface area contributed by atoms with Gasteiger partial charge in [0.1, 0.15) is 0 Å². The highest BCUT2D eigenvalue weighted by Gasteiger charge is 2.24. The van der Waals surface area contributed by atoms with Crippen LogP contribution in [0.4, 0.5) is 0 Å². The Balaban J connectivity index is 1.58. The van der Waals surface area contributed by atoms with Gasteiger partial charge in [0.25, 0.3) is 0 Å². The van der Waals surface area contributed by atoms with E-state index in [2.05, 4.69) is 4.98 Å². The van der Waals surface area contributed by atoms with Gasteiger partial charge in [0, 0.05) is 58.0 Å². The zero-order valence-electron chi connectivity index (χ0n) is 15.4. The predicted molar refractivity (Wildman–Crippen MR) is 98.3 cm³/mol. The van der Waals surface area contributed by atoms with Crippen LogP contribution in [0.15, 0.2) is 24.5 Å². The van der Waals surface area contributed by atoms with E-state index in [4.69, 9.17) is 4.74 Å². The van der Waals surface area contributed by atoms with E-state index in [0.717, 1.165) is 50.8 Å². The van der Waals surface area contributed by atoms with Crippen LogP contribution in [0.25, 0.3) is 0 Å². The first-order valence-electron chi connectivity index (χ1n) is 9.78. The van der Waals surface area contributed by atoms with Crippen molar-refractivity contribution in [3.63, 3.8) is 0 Å². The van der Waals surface area contributed by atoms with Crippen molar-refractivity contribution >= 4 is 11.8 Å². The van der Waals surface area contributed by atoms with E-state index >= 15 is 0 Å². The normalized spacial score (nSPS) is 20.8. The molecule has 1 unspecified atom stereocenters. The summed E-state index contributed by atoms with van der Waals surface area (Å²) in [5.74, 6) is 0.282. The monoisotopic (exact) mass is 359 g/mol. The summed E-state index contributed by atoms with van der Waals surface area (Å²) < 4.78 is 5.73. The molecule has 2 aliphatic heterocycles. The van der Waals surface area contributed by atoms with Crippen LogP contribution in [0.3, 0.4) is 0 Å². The Bertz CT molecular complexity index is 587. The smallest absolute Gasteiger partial charge is 0.224 e. The van der Waals surface area contributed by atoms with Gasteiger partial charge in [-0.1, -0.05) is 6.42 Å². The van der Waals surface area contributed by atoms with Gasteiger partial charge in [0.2, 0.25) is 11.8 Å². The van der Waals surface area contributed by atoms with Gasteiger partial charge in [0.05, 0.1) is 6.10 Å². The van der Waals surface area contributed by atoms with Crippen LogP contribution in [0.1, 0.15) is 50.5 Å². The molecule has 1 aromatic heterocycles. The quantitative estimate of drug-likeness (QED) is 0.750. The van der Waals surface area contributed by atoms with Gasteiger partial charge in [-0.05, 0) is 43.4 Å². The Morgan fingerprint density at radius 1 is 1.23 bits per heavy atom. The van der Waals surface area contributed by atoms with Crippen molar-refractivity contribution in [3.8, 4) is 0 Å². The predicted octanol–water partition coefficient (Wildman–Crippen LogP) is 2.38. The zero-order chi connectivity index (χ0) is 18.2. The summed E-state index contributed by atoms with van der Waals surface area (Å²) in [5.41, 5.74) is 1.07. The summed E-state index contributed by atoms with van der Waals surface area (Å²) in [7, 11) is 0. The fraction of sp³-hybridized carbons (Fsp3) is 0.650. The van der Waals surface area contributed by atoms with Crippen molar-refractivity contribution < 1.29 is 14.3 Å². The first-order chi connectivity index (χ1) is 12.7. The third-order valence-electron chi connectivity index (χ3n) is 5.19. The number of rotatable bonds is 7. The number of hydrogen-bond donors (Lipinski definition) is 0. The molecule has 2 amide bonds. The average Bonchev–Trinajstić information content (AvgIpc) is 3.08. The van der Waals surface area contributed by atoms with E-state index < -0.39 is 0 Å². The number of ether oxygens (including phenoxy) is 1. The fourth-order valence-corrected chi connectivity index (χ4v) is 3.66. The number of amides is 2. The van der Waals surface area contributed by atoms with Crippen molar-refractivity contribution in [2.75, 3.05) is 26.2 Å². The Hall–Kier alpha value is -1.95. The Morgan fingerprint density at radius 3 is 2.85 bits per heavy atom. The zero-order valence-corrected chi connectivity index (χ0v) is 15.4. The van der Waals surface area contributed by atoms with Crippen LogP contribution in [-0.2, 0) is 20.9 Å². The van der Waals surface area contributed by atoms with Gasteiger partial charge >= 0.3 is 0 Å². The SMILES string of the molecule is O=C1CCCCCN1CCC(=O)N(Cc1ccncc1)CC1CCCO1. The summed E-state index contributed by atoms with van der Waals surface area (Å²) in [6, 6.07) is 3.88. The molecule has 6 heteroatoms. The number of pyridine rings is 1. The minimum Gasteiger partial charge on any atom is -0.376 e. The highest BCUT2D eigenvalue weighted by molar-refractivity contribution is 5.79. The maximum Gasteiger partial charge on any atom is 0.224 e. The van der Waals surface area contributed by atoms with Crippen molar-refractivity contribution in [2.24, 2.45) is 0 Å². The molecule has 2 saturated heterocycles. The second kappa shape index (κ2) is 9.67. The van der Waals surface area contributed by atoms with Crippen LogP contribution in [0, 0.1) is 0 Å². The summed E-state index contributed by atoms with van der Waals surface area (Å²) in [6.07, 6.45) is 9.79. The van der Waals surface area contributed by atoms with Gasteiger partial charge in [0.15, 0.2) is 0 Å². The standard InChI is InChI=1S/C20H29N3O3/c24-19-6-2-1-3-12-22(19)13-9-20(25)23(16-18-5-4-14-26-18)15-17-7-10-21-11-8-17/h7-8,10-11,18H,1-6,9,12-16H2. The van der Waals surface area contributed by atoms with Crippen molar-refractivity contribution in [3.05, 3.63) is 30.1 Å². The summed E-state index contributed by atoms with van der Waals surface area (Å²) >= 11 is 0. The van der Waals surface area contributed by atoms with Gasteiger partial charge < -0.3 is 14.5 Å². The third-order valence-corrected chi connectivity index (χ3v) is 5.19. The van der Waals surface area contributed by atoms with Crippen molar-refractivity contribution in [1.29, 1.82) is 0 Å². The van der Waals surface area contributed by atoms with Crippen LogP contribution in [-0.4, -0.2) is 58.9 Å². The molecule has 2 fully saturated rings. The number of likely N-dealkylation sites (tertiary alicyclic amines) is 1. The minimum atomic E-state index is 0.0920. The molecule has 0 aromatic carbocycles.